The predicted molar refractivity (Wildman–Crippen MR) is 60.3 cm³/mol. The van der Waals surface area contributed by atoms with Crippen molar-refractivity contribution in [3.63, 3.8) is 0 Å². The van der Waals surface area contributed by atoms with Gasteiger partial charge in [0.15, 0.2) is 10.6 Å². The van der Waals surface area contributed by atoms with E-state index in [0.29, 0.717) is 0 Å². The van der Waals surface area contributed by atoms with E-state index in [9.17, 15) is 0 Å². The van der Waals surface area contributed by atoms with Gasteiger partial charge in [-0.1, -0.05) is 30.3 Å². The third-order valence-electron chi connectivity index (χ3n) is 1.96. The molecule has 1 heterocycles. The molecule has 2 rings (SSSR count). The lowest BCUT2D eigenvalue weighted by molar-refractivity contribution is 0.983. The van der Waals surface area contributed by atoms with Gasteiger partial charge in [-0.2, -0.15) is 16.4 Å². The lowest BCUT2D eigenvalue weighted by Gasteiger charge is -1.98. The van der Waals surface area contributed by atoms with Crippen molar-refractivity contribution in [2.45, 2.75) is 0 Å². The first-order valence-electron chi connectivity index (χ1n) is 4.23. The highest BCUT2D eigenvalue weighted by molar-refractivity contribution is 7.90. The number of thiol groups is 1. The van der Waals surface area contributed by atoms with Gasteiger partial charge in [0.2, 0.25) is 0 Å². The number of benzene rings is 1. The molecule has 3 N–H and O–H groups in total. The third kappa shape index (κ3) is 1.46. The lowest BCUT2D eigenvalue weighted by Crippen LogP contribution is -2.10. The van der Waals surface area contributed by atoms with Crippen molar-refractivity contribution in [1.29, 1.82) is 0 Å². The highest BCUT2D eigenvalue weighted by atomic mass is 32.1. The Kier molecular flexibility index (Phi) is 2.41. The number of hydrogen-bond acceptors (Lipinski definition) is 2. The van der Waals surface area contributed by atoms with Crippen molar-refractivity contribution in [1.82, 2.24) is 14.9 Å². The molecule has 0 radical (unpaired) electrons. The molecule has 0 saturated heterocycles. The minimum atomic E-state index is 0.759. The average molecular weight is 208 g/mol. The summed E-state index contributed by atoms with van der Waals surface area (Å²) in [6.07, 6.45) is 2.01. The molecule has 4 nitrogen and oxygen atoms in total. The smallest absolute Gasteiger partial charge is 0.180 e. The molecule has 0 aliphatic heterocycles. The topological polar surface area (TPSA) is 59.6 Å². The highest BCUT2D eigenvalue weighted by Gasteiger charge is 2.03. The van der Waals surface area contributed by atoms with Crippen molar-refractivity contribution in [2.24, 2.45) is 0 Å². The monoisotopic (exact) mass is 208 g/mol. The Morgan fingerprint density at radius 2 is 2.07 bits per heavy atom. The SMILES string of the molecule is C/[SH]=c1\[nH]nc(-c2ccccc2)n1N. The van der Waals surface area contributed by atoms with Gasteiger partial charge in [-0.3, -0.25) is 5.10 Å². The van der Waals surface area contributed by atoms with E-state index in [4.69, 9.17) is 5.84 Å². The van der Waals surface area contributed by atoms with Crippen LogP contribution in [0.25, 0.3) is 11.4 Å². The number of nitrogens with two attached hydrogens (primary N) is 1. The third-order valence-corrected chi connectivity index (χ3v) is 2.70. The molecule has 0 aliphatic carbocycles. The molecule has 14 heavy (non-hydrogen) atoms. The van der Waals surface area contributed by atoms with Crippen LogP contribution in [0.4, 0.5) is 0 Å². The van der Waals surface area contributed by atoms with E-state index in [-0.39, 0.29) is 0 Å². The van der Waals surface area contributed by atoms with Crippen LogP contribution in [0.5, 0.6) is 0 Å². The van der Waals surface area contributed by atoms with Gasteiger partial charge in [0.25, 0.3) is 0 Å². The molecular weight excluding hydrogens is 196 g/mol. The maximum absolute atomic E-state index is 5.86. The molecular formula is C9H12N4S. The van der Waals surface area contributed by atoms with Crippen LogP contribution < -0.4 is 5.84 Å². The molecule has 2 aromatic rings. The van der Waals surface area contributed by atoms with Crippen LogP contribution in [-0.4, -0.2) is 21.1 Å². The van der Waals surface area contributed by atoms with Crippen LogP contribution in [-0.2, 0) is 0 Å². The molecule has 0 unspecified atom stereocenters. The van der Waals surface area contributed by atoms with Crippen LogP contribution in [0.15, 0.2) is 30.3 Å². The Bertz CT molecular complexity index is 483. The minimum Gasteiger partial charge on any atom is -0.335 e. The molecule has 0 spiro atoms. The Labute approximate surface area is 85.3 Å². The summed E-state index contributed by atoms with van der Waals surface area (Å²) in [6, 6.07) is 9.86. The summed E-state index contributed by atoms with van der Waals surface area (Å²) in [5.41, 5.74) is 1.01. The van der Waals surface area contributed by atoms with Gasteiger partial charge in [0.05, 0.1) is 0 Å². The molecule has 0 atom stereocenters. The normalized spacial score (nSPS) is 12.5. The second kappa shape index (κ2) is 3.71. The van der Waals surface area contributed by atoms with Gasteiger partial charge >= 0.3 is 0 Å². The van der Waals surface area contributed by atoms with Crippen LogP contribution in [0, 0.1) is 4.77 Å². The van der Waals surface area contributed by atoms with E-state index in [1.807, 2.05) is 36.6 Å². The summed E-state index contributed by atoms with van der Waals surface area (Å²) >= 11 is 1.07. The maximum Gasteiger partial charge on any atom is 0.180 e. The second-order valence-corrected chi connectivity index (χ2v) is 3.70. The van der Waals surface area contributed by atoms with Gasteiger partial charge in [-0.25, -0.2) is 4.68 Å². The van der Waals surface area contributed by atoms with Crippen LogP contribution in [0.3, 0.4) is 0 Å². The van der Waals surface area contributed by atoms with Crippen molar-refractivity contribution < 1.29 is 0 Å². The van der Waals surface area contributed by atoms with E-state index in [2.05, 4.69) is 10.2 Å². The Morgan fingerprint density at radius 3 is 2.64 bits per heavy atom. The molecule has 0 fully saturated rings. The van der Waals surface area contributed by atoms with Gasteiger partial charge in [-0.05, 0) is 6.26 Å². The Morgan fingerprint density at radius 1 is 1.36 bits per heavy atom. The van der Waals surface area contributed by atoms with E-state index in [1.54, 1.807) is 4.68 Å². The van der Waals surface area contributed by atoms with Gasteiger partial charge in [0.1, 0.15) is 0 Å². The molecule has 1 aromatic carbocycles. The fourth-order valence-electron chi connectivity index (χ4n) is 1.26. The zero-order valence-electron chi connectivity index (χ0n) is 7.81. The first kappa shape index (κ1) is 9.08. The first-order valence-corrected chi connectivity index (χ1v) is 5.58. The molecule has 5 heteroatoms. The summed E-state index contributed by atoms with van der Waals surface area (Å²) in [5.74, 6) is 6.62. The lowest BCUT2D eigenvalue weighted by atomic mass is 10.2. The number of H-pyrrole nitrogens is 1. The number of nitrogen functional groups attached to an aromatic ring is 1. The summed E-state index contributed by atoms with van der Waals surface area (Å²) in [6.45, 7) is 0. The van der Waals surface area contributed by atoms with E-state index in [0.717, 1.165) is 27.5 Å². The van der Waals surface area contributed by atoms with E-state index < -0.39 is 0 Å². The summed E-state index contributed by atoms with van der Waals surface area (Å²) in [7, 11) is 0. The van der Waals surface area contributed by atoms with Crippen molar-refractivity contribution in [3.8, 4) is 11.4 Å². The number of aromatic nitrogens is 3. The largest absolute Gasteiger partial charge is 0.335 e. The fraction of sp³-hybridized carbons (Fsp3) is 0.111. The van der Waals surface area contributed by atoms with Gasteiger partial charge < -0.3 is 5.84 Å². The number of hydrogen-bond donors (Lipinski definition) is 3. The second-order valence-electron chi connectivity index (χ2n) is 2.83. The van der Waals surface area contributed by atoms with Crippen LogP contribution in [0.1, 0.15) is 0 Å². The minimum absolute atomic E-state index is 0.759. The van der Waals surface area contributed by atoms with Crippen molar-refractivity contribution in [3.05, 3.63) is 35.1 Å². The van der Waals surface area contributed by atoms with Gasteiger partial charge in [-0.15, -0.1) is 0 Å². The number of aromatic amines is 1. The fourth-order valence-corrected chi connectivity index (χ4v) is 1.72. The van der Waals surface area contributed by atoms with E-state index >= 15 is 0 Å². The summed E-state index contributed by atoms with van der Waals surface area (Å²) in [5, 5.41) is 7.06. The van der Waals surface area contributed by atoms with E-state index in [1.165, 1.54) is 0 Å². The Hall–Kier alpha value is -1.49. The number of rotatable bonds is 1. The average Bonchev–Trinajstić information content (AvgIpc) is 2.61. The zero-order chi connectivity index (χ0) is 9.97. The predicted octanol–water partition coefficient (Wildman–Crippen LogP) is 1.22. The quantitative estimate of drug-likeness (QED) is 0.375. The van der Waals surface area contributed by atoms with Crippen molar-refractivity contribution in [2.75, 3.05) is 12.1 Å². The number of nitrogens with zero attached hydrogens (tertiary/aromatic N) is 2. The summed E-state index contributed by atoms with van der Waals surface area (Å²) in [4.78, 5) is 0. The maximum atomic E-state index is 5.86. The van der Waals surface area contributed by atoms with Gasteiger partial charge in [0, 0.05) is 5.56 Å². The molecule has 0 saturated carbocycles. The highest BCUT2D eigenvalue weighted by Crippen LogP contribution is 2.14. The molecule has 0 amide bonds. The molecule has 0 bridgehead atoms. The zero-order valence-corrected chi connectivity index (χ0v) is 8.70. The molecule has 1 aromatic heterocycles. The summed E-state index contributed by atoms with van der Waals surface area (Å²) < 4.78 is 2.47. The standard InChI is InChI=1S/C9H12N4S/c1-14-9-12-11-8(13(9)10)7-5-3-2-4-6-7/h2-6,12,14H,10H2,1H3. The van der Waals surface area contributed by atoms with Crippen LogP contribution in [0.2, 0.25) is 0 Å². The van der Waals surface area contributed by atoms with Crippen molar-refractivity contribution >= 4 is 11.4 Å². The first-order chi connectivity index (χ1) is 6.83. The van der Waals surface area contributed by atoms with Crippen LogP contribution >= 0.6 is 11.4 Å². The Balaban J connectivity index is 2.59. The molecule has 74 valence electrons. The number of nitrogens with one attached hydrogen (secondary N) is 1. The molecule has 0 aliphatic rings.